The largest absolute Gasteiger partial charge is 0.490 e. The number of amides is 1. The molecule has 1 N–H and O–H groups in total. The molecule has 1 unspecified atom stereocenters. The second-order valence-electron chi connectivity index (χ2n) is 12.9. The molecular formula is C37H48ClNO7Si. The van der Waals surface area contributed by atoms with Gasteiger partial charge in [-0.15, -0.1) is 0 Å². The van der Waals surface area contributed by atoms with Gasteiger partial charge in [0.1, 0.15) is 37.9 Å². The molecule has 0 aromatic heterocycles. The van der Waals surface area contributed by atoms with E-state index >= 15 is 0 Å². The van der Waals surface area contributed by atoms with Gasteiger partial charge in [-0.3, -0.25) is 0 Å². The van der Waals surface area contributed by atoms with E-state index in [0.717, 1.165) is 40.9 Å². The molecule has 0 saturated heterocycles. The summed E-state index contributed by atoms with van der Waals surface area (Å²) in [7, 11) is -2.45. The van der Waals surface area contributed by atoms with Gasteiger partial charge in [-0.2, -0.15) is 0 Å². The summed E-state index contributed by atoms with van der Waals surface area (Å²) in [6, 6.07) is 24.9. The van der Waals surface area contributed by atoms with E-state index in [1.165, 1.54) is 0 Å². The molecule has 1 heterocycles. The maximum atomic E-state index is 13.6. The Balaban J connectivity index is 1.52. The molecule has 4 rings (SSSR count). The van der Waals surface area contributed by atoms with Gasteiger partial charge in [0.25, 0.3) is 0 Å². The second-order valence-corrected chi connectivity index (χ2v) is 17.8. The van der Waals surface area contributed by atoms with Crippen LogP contribution in [-0.2, 0) is 21.1 Å². The Bertz CT molecular complexity index is 1460. The molecule has 254 valence electrons. The highest BCUT2D eigenvalue weighted by atomic mass is 35.5. The predicted octanol–water partition coefficient (Wildman–Crippen LogP) is 8.69. The molecular weight excluding hydrogens is 634 g/mol. The van der Waals surface area contributed by atoms with Crippen LogP contribution in [0.25, 0.3) is 5.57 Å². The Labute approximate surface area is 285 Å². The average Bonchev–Trinajstić information content (AvgIpc) is 3.06. The van der Waals surface area contributed by atoms with Crippen molar-refractivity contribution < 1.29 is 33.6 Å². The number of rotatable bonds is 16. The van der Waals surface area contributed by atoms with Crippen molar-refractivity contribution in [3.63, 3.8) is 0 Å². The lowest BCUT2D eigenvalue weighted by Gasteiger charge is -2.41. The second kappa shape index (κ2) is 17.2. The summed E-state index contributed by atoms with van der Waals surface area (Å²) in [6.07, 6.45) is 1.74. The standard InChI is InChI=1S/C37H48ClNO7Si/c1-6-45-46-27-30-25-39(36(40)44-26-28-12-8-7-9-13-28)31(20-21-37(2,3)47(4,5)41)24-33(30)29-16-18-32(19-17-29)42-22-23-43-35-15-11-10-14-34(35)38/h7-19,31,41H,6,20-27H2,1-5H3. The molecule has 3 aromatic rings. The van der Waals surface area contributed by atoms with E-state index in [0.29, 0.717) is 43.6 Å². The van der Waals surface area contributed by atoms with Crippen molar-refractivity contribution in [3.8, 4) is 11.5 Å². The molecule has 0 saturated carbocycles. The molecule has 0 fully saturated rings. The van der Waals surface area contributed by atoms with Crippen molar-refractivity contribution >= 4 is 31.6 Å². The van der Waals surface area contributed by atoms with E-state index in [2.05, 4.69) is 13.8 Å². The molecule has 3 aromatic carbocycles. The molecule has 0 bridgehead atoms. The number of halogens is 1. The Kier molecular flexibility index (Phi) is 13.3. The van der Waals surface area contributed by atoms with Gasteiger partial charge in [0.05, 0.1) is 11.6 Å². The first-order chi connectivity index (χ1) is 22.5. The van der Waals surface area contributed by atoms with Crippen LogP contribution in [0.1, 0.15) is 51.2 Å². The first-order valence-corrected chi connectivity index (χ1v) is 19.6. The summed E-state index contributed by atoms with van der Waals surface area (Å²) in [4.78, 5) is 37.3. The molecule has 1 aliphatic heterocycles. The van der Waals surface area contributed by atoms with E-state index in [9.17, 15) is 9.59 Å². The highest BCUT2D eigenvalue weighted by molar-refractivity contribution is 6.72. The summed E-state index contributed by atoms with van der Waals surface area (Å²) in [5, 5.41) is 0.331. The zero-order valence-corrected chi connectivity index (χ0v) is 29.9. The molecule has 0 aliphatic carbocycles. The summed E-state index contributed by atoms with van der Waals surface area (Å²) >= 11 is 6.18. The van der Waals surface area contributed by atoms with Crippen LogP contribution < -0.4 is 9.47 Å². The predicted molar refractivity (Wildman–Crippen MR) is 188 cm³/mol. The fraction of sp³-hybridized carbons (Fsp3) is 0.432. The Morgan fingerprint density at radius 1 is 0.936 bits per heavy atom. The van der Waals surface area contributed by atoms with Crippen molar-refractivity contribution in [3.05, 3.63) is 101 Å². The SMILES string of the molecule is CCOOCC1=C(c2ccc(OCCOc3ccccc3Cl)cc2)CC(CCC(C)(C)[Si](C)(C)O)N(C(=O)OCc2ccccc2)C1. The van der Waals surface area contributed by atoms with Gasteiger partial charge in [-0.25, -0.2) is 14.6 Å². The fourth-order valence-corrected chi connectivity index (χ4v) is 6.25. The number of hydrogen-bond donors (Lipinski definition) is 1. The summed E-state index contributed by atoms with van der Waals surface area (Å²) < 4.78 is 17.5. The van der Waals surface area contributed by atoms with Crippen molar-refractivity contribution in [2.24, 2.45) is 0 Å². The zero-order valence-electron chi connectivity index (χ0n) is 28.2. The molecule has 0 spiro atoms. The molecule has 1 atom stereocenters. The maximum Gasteiger partial charge on any atom is 0.410 e. The van der Waals surface area contributed by atoms with Gasteiger partial charge >= 0.3 is 6.09 Å². The van der Waals surface area contributed by atoms with E-state index in [1.54, 1.807) is 6.07 Å². The number of nitrogens with zero attached hydrogens (tertiary/aromatic N) is 1. The number of carbonyl (C=O) groups is 1. The molecule has 1 amide bonds. The van der Waals surface area contributed by atoms with Crippen LogP contribution >= 0.6 is 11.6 Å². The quantitative estimate of drug-likeness (QED) is 0.0701. The topological polar surface area (TPSA) is 86.7 Å². The highest BCUT2D eigenvalue weighted by Gasteiger charge is 2.40. The number of carbonyl (C=O) groups excluding carboxylic acids is 1. The third-order valence-corrected chi connectivity index (χ3v) is 12.8. The lowest BCUT2D eigenvalue weighted by molar-refractivity contribution is -0.284. The minimum Gasteiger partial charge on any atom is -0.490 e. The maximum absolute atomic E-state index is 13.6. The third-order valence-electron chi connectivity index (χ3n) is 8.95. The van der Waals surface area contributed by atoms with Crippen molar-refractivity contribution in [1.29, 1.82) is 0 Å². The highest BCUT2D eigenvalue weighted by Crippen LogP contribution is 2.43. The van der Waals surface area contributed by atoms with Crippen molar-refractivity contribution in [2.45, 2.75) is 70.8 Å². The van der Waals surface area contributed by atoms with Crippen LogP contribution in [0.15, 0.2) is 84.4 Å². The first kappa shape index (κ1) is 36.5. The molecule has 8 nitrogen and oxygen atoms in total. The van der Waals surface area contributed by atoms with Crippen LogP contribution in [0.3, 0.4) is 0 Å². The van der Waals surface area contributed by atoms with Gasteiger partial charge in [-0.1, -0.05) is 80.0 Å². The fourth-order valence-electron chi connectivity index (χ4n) is 5.30. The first-order valence-electron chi connectivity index (χ1n) is 16.2. The molecule has 0 radical (unpaired) electrons. The van der Waals surface area contributed by atoms with E-state index in [4.69, 9.17) is 35.6 Å². The van der Waals surface area contributed by atoms with Crippen molar-refractivity contribution in [1.82, 2.24) is 4.90 Å². The van der Waals surface area contributed by atoms with Crippen LogP contribution in [0.5, 0.6) is 11.5 Å². The van der Waals surface area contributed by atoms with Crippen LogP contribution in [0, 0.1) is 0 Å². The zero-order chi connectivity index (χ0) is 33.9. The summed E-state index contributed by atoms with van der Waals surface area (Å²) in [6.45, 7) is 11.9. The van der Waals surface area contributed by atoms with E-state index in [1.807, 2.05) is 97.7 Å². The van der Waals surface area contributed by atoms with Crippen LogP contribution in [0.2, 0.25) is 23.2 Å². The Hall–Kier alpha value is -3.34. The normalized spacial score (nSPS) is 15.5. The summed E-state index contributed by atoms with van der Waals surface area (Å²) in [5.74, 6) is 1.35. The van der Waals surface area contributed by atoms with Gasteiger partial charge in [0.2, 0.25) is 0 Å². The van der Waals surface area contributed by atoms with Crippen LogP contribution in [0.4, 0.5) is 4.79 Å². The lowest BCUT2D eigenvalue weighted by atomic mass is 9.86. The Morgan fingerprint density at radius 2 is 1.62 bits per heavy atom. The van der Waals surface area contributed by atoms with Crippen molar-refractivity contribution in [2.75, 3.05) is 33.0 Å². The van der Waals surface area contributed by atoms with E-state index < -0.39 is 8.32 Å². The summed E-state index contributed by atoms with van der Waals surface area (Å²) in [5.41, 5.74) is 4.01. The number of hydrogen-bond acceptors (Lipinski definition) is 7. The van der Waals surface area contributed by atoms with Gasteiger partial charge in [0.15, 0.2) is 8.32 Å². The molecule has 1 aliphatic rings. The lowest BCUT2D eigenvalue weighted by Crippen LogP contribution is -2.46. The minimum atomic E-state index is -2.45. The number of para-hydroxylation sites is 1. The molecule has 47 heavy (non-hydrogen) atoms. The smallest absolute Gasteiger partial charge is 0.410 e. The Morgan fingerprint density at radius 3 is 2.30 bits per heavy atom. The minimum absolute atomic E-state index is 0.127. The molecule has 10 heteroatoms. The van der Waals surface area contributed by atoms with E-state index in [-0.39, 0.29) is 30.4 Å². The monoisotopic (exact) mass is 681 g/mol. The number of benzene rings is 3. The average molecular weight is 682 g/mol. The van der Waals surface area contributed by atoms with Gasteiger partial charge in [0, 0.05) is 12.6 Å². The van der Waals surface area contributed by atoms with Gasteiger partial charge < -0.3 is 23.9 Å². The number of ether oxygens (including phenoxy) is 3. The van der Waals surface area contributed by atoms with Gasteiger partial charge in [-0.05, 0) is 90.9 Å². The third kappa shape index (κ3) is 10.6. The van der Waals surface area contributed by atoms with Crippen LogP contribution in [-0.4, -0.2) is 63.1 Å².